The van der Waals surface area contributed by atoms with Gasteiger partial charge in [0.05, 0.1) is 17.9 Å². The molecule has 0 fully saturated rings. The number of carbonyl (C=O) groups excluding carboxylic acids is 1. The Hall–Kier alpha value is -2.14. The molecule has 4 nitrogen and oxygen atoms in total. The van der Waals surface area contributed by atoms with Crippen molar-refractivity contribution in [3.63, 3.8) is 0 Å². The highest BCUT2D eigenvalue weighted by Crippen LogP contribution is 2.18. The summed E-state index contributed by atoms with van der Waals surface area (Å²) >= 11 is 0. The quantitative estimate of drug-likeness (QED) is 0.883. The van der Waals surface area contributed by atoms with Crippen molar-refractivity contribution >= 4 is 5.91 Å². The van der Waals surface area contributed by atoms with Gasteiger partial charge in [-0.3, -0.25) is 4.79 Å². The molecular formula is C15H16FNO3. The fourth-order valence-electron chi connectivity index (χ4n) is 1.92. The van der Waals surface area contributed by atoms with Gasteiger partial charge in [0.25, 0.3) is 5.91 Å². The molecule has 5 heteroatoms. The van der Waals surface area contributed by atoms with Crippen molar-refractivity contribution in [2.45, 2.75) is 25.5 Å². The fourth-order valence-corrected chi connectivity index (χ4v) is 1.92. The number of halogens is 1. The van der Waals surface area contributed by atoms with Crippen molar-refractivity contribution in [1.29, 1.82) is 0 Å². The average molecular weight is 277 g/mol. The van der Waals surface area contributed by atoms with E-state index < -0.39 is 6.10 Å². The van der Waals surface area contributed by atoms with Crippen LogP contribution in [0.1, 0.15) is 35.4 Å². The lowest BCUT2D eigenvalue weighted by Crippen LogP contribution is -2.33. The summed E-state index contributed by atoms with van der Waals surface area (Å²) in [5.41, 5.74) is 1.06. The maximum absolute atomic E-state index is 12.8. The Morgan fingerprint density at radius 2 is 2.05 bits per heavy atom. The minimum Gasteiger partial charge on any atom is -0.472 e. The van der Waals surface area contributed by atoms with E-state index in [4.69, 9.17) is 4.42 Å². The predicted molar refractivity (Wildman–Crippen MR) is 71.6 cm³/mol. The third kappa shape index (κ3) is 3.68. The summed E-state index contributed by atoms with van der Waals surface area (Å²) in [4.78, 5) is 11.8. The molecule has 0 saturated carbocycles. The first-order chi connectivity index (χ1) is 9.56. The van der Waals surface area contributed by atoms with Crippen LogP contribution in [-0.4, -0.2) is 17.1 Å². The molecule has 0 bridgehead atoms. The van der Waals surface area contributed by atoms with E-state index >= 15 is 0 Å². The zero-order chi connectivity index (χ0) is 14.5. The molecule has 0 saturated heterocycles. The van der Waals surface area contributed by atoms with Gasteiger partial charge < -0.3 is 14.8 Å². The van der Waals surface area contributed by atoms with Crippen LogP contribution in [0.15, 0.2) is 47.3 Å². The Balaban J connectivity index is 1.89. The SMILES string of the molecule is CC(CC(O)c1ccc(F)cc1)NC(=O)c1ccoc1. The maximum Gasteiger partial charge on any atom is 0.254 e. The van der Waals surface area contributed by atoms with E-state index in [2.05, 4.69) is 5.32 Å². The molecule has 0 radical (unpaired) electrons. The maximum atomic E-state index is 12.8. The van der Waals surface area contributed by atoms with Crippen LogP contribution in [-0.2, 0) is 0 Å². The standard InChI is InChI=1S/C15H16FNO3/c1-10(17-15(19)12-6-7-20-9-12)8-14(18)11-2-4-13(16)5-3-11/h2-7,9-10,14,18H,8H2,1H3,(H,17,19). The Morgan fingerprint density at radius 1 is 1.35 bits per heavy atom. The van der Waals surface area contributed by atoms with E-state index in [1.165, 1.54) is 36.8 Å². The largest absolute Gasteiger partial charge is 0.472 e. The molecule has 2 rings (SSSR count). The minimum absolute atomic E-state index is 0.225. The zero-order valence-electron chi connectivity index (χ0n) is 11.0. The molecular weight excluding hydrogens is 261 g/mol. The van der Waals surface area contributed by atoms with Crippen LogP contribution < -0.4 is 5.32 Å². The number of hydrogen-bond donors (Lipinski definition) is 2. The van der Waals surface area contributed by atoms with E-state index in [9.17, 15) is 14.3 Å². The first-order valence-electron chi connectivity index (χ1n) is 6.33. The number of aliphatic hydroxyl groups is 1. The van der Waals surface area contributed by atoms with E-state index in [1.54, 1.807) is 13.0 Å². The van der Waals surface area contributed by atoms with Crippen LogP contribution in [0.25, 0.3) is 0 Å². The second-order valence-electron chi connectivity index (χ2n) is 4.69. The van der Waals surface area contributed by atoms with Crippen LogP contribution >= 0.6 is 0 Å². The minimum atomic E-state index is -0.754. The first-order valence-corrected chi connectivity index (χ1v) is 6.33. The Bertz CT molecular complexity index is 551. The zero-order valence-corrected chi connectivity index (χ0v) is 11.0. The first kappa shape index (κ1) is 14.3. The van der Waals surface area contributed by atoms with E-state index in [0.29, 0.717) is 17.5 Å². The highest BCUT2D eigenvalue weighted by molar-refractivity contribution is 5.93. The van der Waals surface area contributed by atoms with Crippen molar-refractivity contribution in [3.05, 3.63) is 59.8 Å². The van der Waals surface area contributed by atoms with Crippen molar-refractivity contribution in [2.75, 3.05) is 0 Å². The van der Waals surface area contributed by atoms with Crippen LogP contribution in [0.4, 0.5) is 4.39 Å². The number of aliphatic hydroxyl groups excluding tert-OH is 1. The number of amides is 1. The topological polar surface area (TPSA) is 62.5 Å². The van der Waals surface area contributed by atoms with E-state index in [1.807, 2.05) is 0 Å². The normalized spacial score (nSPS) is 13.8. The number of benzene rings is 1. The molecule has 2 N–H and O–H groups in total. The van der Waals surface area contributed by atoms with Gasteiger partial charge in [0, 0.05) is 6.04 Å². The molecule has 2 aromatic rings. The molecule has 1 aromatic carbocycles. The lowest BCUT2D eigenvalue weighted by Gasteiger charge is -2.18. The summed E-state index contributed by atoms with van der Waals surface area (Å²) < 4.78 is 17.6. The second kappa shape index (κ2) is 6.34. The summed E-state index contributed by atoms with van der Waals surface area (Å²) in [7, 11) is 0. The molecule has 20 heavy (non-hydrogen) atoms. The van der Waals surface area contributed by atoms with Gasteiger partial charge in [-0.1, -0.05) is 12.1 Å². The monoisotopic (exact) mass is 277 g/mol. The molecule has 106 valence electrons. The van der Waals surface area contributed by atoms with Crippen molar-refractivity contribution in [2.24, 2.45) is 0 Å². The Labute approximate surface area is 116 Å². The third-order valence-corrected chi connectivity index (χ3v) is 2.99. The molecule has 0 aliphatic carbocycles. The van der Waals surface area contributed by atoms with Crippen molar-refractivity contribution in [3.8, 4) is 0 Å². The number of rotatable bonds is 5. The molecule has 1 heterocycles. The summed E-state index contributed by atoms with van der Waals surface area (Å²) in [6, 6.07) is 7.01. The second-order valence-corrected chi connectivity index (χ2v) is 4.69. The van der Waals surface area contributed by atoms with Crippen LogP contribution in [0.3, 0.4) is 0 Å². The number of furan rings is 1. The summed E-state index contributed by atoms with van der Waals surface area (Å²) in [6.45, 7) is 1.80. The third-order valence-electron chi connectivity index (χ3n) is 2.99. The molecule has 2 unspecified atom stereocenters. The molecule has 1 amide bonds. The van der Waals surface area contributed by atoms with Gasteiger partial charge >= 0.3 is 0 Å². The van der Waals surface area contributed by atoms with Gasteiger partial charge in [0.15, 0.2) is 0 Å². The molecule has 1 aromatic heterocycles. The number of hydrogen-bond acceptors (Lipinski definition) is 3. The Kier molecular flexibility index (Phi) is 4.53. The van der Waals surface area contributed by atoms with Gasteiger partial charge in [-0.05, 0) is 37.1 Å². The Morgan fingerprint density at radius 3 is 2.65 bits per heavy atom. The fraction of sp³-hybridized carbons (Fsp3) is 0.267. The molecule has 0 aliphatic rings. The molecule has 2 atom stereocenters. The van der Waals surface area contributed by atoms with Crippen LogP contribution in [0, 0.1) is 5.82 Å². The van der Waals surface area contributed by atoms with E-state index in [0.717, 1.165) is 0 Å². The van der Waals surface area contributed by atoms with Gasteiger partial charge in [0.1, 0.15) is 12.1 Å². The summed E-state index contributed by atoms with van der Waals surface area (Å²) in [5, 5.41) is 12.8. The molecule has 0 aliphatic heterocycles. The summed E-state index contributed by atoms with van der Waals surface area (Å²) in [6.07, 6.45) is 2.37. The van der Waals surface area contributed by atoms with Gasteiger partial charge in [-0.15, -0.1) is 0 Å². The lowest BCUT2D eigenvalue weighted by molar-refractivity contribution is 0.0916. The van der Waals surface area contributed by atoms with Gasteiger partial charge in [0.2, 0.25) is 0 Å². The number of nitrogens with one attached hydrogen (secondary N) is 1. The smallest absolute Gasteiger partial charge is 0.254 e. The average Bonchev–Trinajstić information content (AvgIpc) is 2.93. The number of carbonyl (C=O) groups is 1. The van der Waals surface area contributed by atoms with Gasteiger partial charge in [-0.2, -0.15) is 0 Å². The van der Waals surface area contributed by atoms with Crippen LogP contribution in [0.5, 0.6) is 0 Å². The van der Waals surface area contributed by atoms with Crippen molar-refractivity contribution in [1.82, 2.24) is 5.32 Å². The highest BCUT2D eigenvalue weighted by Gasteiger charge is 2.15. The van der Waals surface area contributed by atoms with Crippen molar-refractivity contribution < 1.29 is 18.7 Å². The predicted octanol–water partition coefficient (Wildman–Crippen LogP) is 2.66. The lowest BCUT2D eigenvalue weighted by atomic mass is 10.0. The molecule has 0 spiro atoms. The van der Waals surface area contributed by atoms with Crippen LogP contribution in [0.2, 0.25) is 0 Å². The van der Waals surface area contributed by atoms with Gasteiger partial charge in [-0.25, -0.2) is 4.39 Å². The highest BCUT2D eigenvalue weighted by atomic mass is 19.1. The summed E-state index contributed by atoms with van der Waals surface area (Å²) in [5.74, 6) is -0.597. The van der Waals surface area contributed by atoms with E-state index in [-0.39, 0.29) is 17.8 Å².